The average molecular weight is 286 g/mol. The van der Waals surface area contributed by atoms with E-state index in [-0.39, 0.29) is 12.1 Å². The number of likely N-dealkylation sites (tertiary alicyclic amines) is 1. The molecule has 116 valence electrons. The lowest BCUT2D eigenvalue weighted by Crippen LogP contribution is -2.43. The van der Waals surface area contributed by atoms with E-state index in [9.17, 15) is 9.59 Å². The summed E-state index contributed by atoms with van der Waals surface area (Å²) in [6.45, 7) is 6.86. The van der Waals surface area contributed by atoms with E-state index in [1.165, 1.54) is 7.11 Å². The van der Waals surface area contributed by atoms with Crippen LogP contribution in [0.4, 0.5) is 4.79 Å². The number of carbonyl (C=O) groups excluding carboxylic acids is 2. The van der Waals surface area contributed by atoms with E-state index in [0.29, 0.717) is 25.4 Å². The zero-order valence-electron chi connectivity index (χ0n) is 12.8. The van der Waals surface area contributed by atoms with E-state index in [1.54, 1.807) is 4.90 Å². The van der Waals surface area contributed by atoms with Crippen LogP contribution in [-0.4, -0.2) is 48.8 Å². The molecular weight excluding hydrogens is 260 g/mol. The first kappa shape index (κ1) is 16.8. The zero-order chi connectivity index (χ0) is 15.3. The van der Waals surface area contributed by atoms with Crippen molar-refractivity contribution in [2.24, 2.45) is 11.7 Å². The fourth-order valence-electron chi connectivity index (χ4n) is 2.28. The first-order chi connectivity index (χ1) is 9.23. The predicted octanol–water partition coefficient (Wildman–Crippen LogP) is 1.52. The molecule has 1 aliphatic rings. The molecule has 6 nitrogen and oxygen atoms in total. The molecule has 1 heterocycles. The van der Waals surface area contributed by atoms with Crippen molar-refractivity contribution in [3.05, 3.63) is 0 Å². The van der Waals surface area contributed by atoms with Gasteiger partial charge in [-0.3, -0.25) is 4.79 Å². The van der Waals surface area contributed by atoms with Gasteiger partial charge in [-0.2, -0.15) is 0 Å². The third-order valence-corrected chi connectivity index (χ3v) is 3.36. The molecule has 0 aromatic heterocycles. The van der Waals surface area contributed by atoms with Crippen molar-refractivity contribution in [1.29, 1.82) is 0 Å². The van der Waals surface area contributed by atoms with Gasteiger partial charge in [0.2, 0.25) is 0 Å². The summed E-state index contributed by atoms with van der Waals surface area (Å²) in [5.41, 5.74) is 5.29. The van der Waals surface area contributed by atoms with Gasteiger partial charge in [0.25, 0.3) is 0 Å². The van der Waals surface area contributed by atoms with Crippen molar-refractivity contribution >= 4 is 12.1 Å². The quantitative estimate of drug-likeness (QED) is 0.795. The van der Waals surface area contributed by atoms with Crippen LogP contribution in [0.15, 0.2) is 0 Å². The molecule has 0 saturated carbocycles. The van der Waals surface area contributed by atoms with Gasteiger partial charge in [-0.05, 0) is 46.0 Å². The Morgan fingerprint density at radius 2 is 1.85 bits per heavy atom. The van der Waals surface area contributed by atoms with Crippen molar-refractivity contribution < 1.29 is 19.1 Å². The number of esters is 1. The van der Waals surface area contributed by atoms with Crippen LogP contribution in [0.1, 0.15) is 40.0 Å². The molecule has 0 radical (unpaired) electrons. The van der Waals surface area contributed by atoms with Crippen LogP contribution in [0.5, 0.6) is 0 Å². The molecule has 2 N–H and O–H groups in total. The molecule has 0 spiro atoms. The molecule has 1 fully saturated rings. The maximum atomic E-state index is 11.9. The summed E-state index contributed by atoms with van der Waals surface area (Å²) in [6.07, 6.45) is 2.01. The number of methoxy groups -OCH3 is 1. The van der Waals surface area contributed by atoms with Crippen LogP contribution < -0.4 is 5.73 Å². The summed E-state index contributed by atoms with van der Waals surface area (Å²) in [6, 6.07) is -0.571. The van der Waals surface area contributed by atoms with Gasteiger partial charge in [0.1, 0.15) is 11.6 Å². The van der Waals surface area contributed by atoms with E-state index < -0.39 is 11.6 Å². The molecular formula is C14H26N2O4. The van der Waals surface area contributed by atoms with E-state index in [4.69, 9.17) is 10.5 Å². The maximum absolute atomic E-state index is 11.9. The third kappa shape index (κ3) is 5.36. The van der Waals surface area contributed by atoms with Gasteiger partial charge in [0.05, 0.1) is 7.11 Å². The van der Waals surface area contributed by atoms with Crippen LogP contribution in [-0.2, 0) is 14.3 Å². The summed E-state index contributed by atoms with van der Waals surface area (Å²) < 4.78 is 9.96. The molecule has 0 aliphatic carbocycles. The van der Waals surface area contributed by atoms with Gasteiger partial charge in [-0.25, -0.2) is 4.79 Å². The minimum Gasteiger partial charge on any atom is -0.468 e. The zero-order valence-corrected chi connectivity index (χ0v) is 12.8. The number of carbonyl (C=O) groups is 2. The molecule has 20 heavy (non-hydrogen) atoms. The monoisotopic (exact) mass is 286 g/mol. The first-order valence-electron chi connectivity index (χ1n) is 7.04. The Balaban J connectivity index is 2.36. The van der Waals surface area contributed by atoms with Crippen molar-refractivity contribution in [2.75, 3.05) is 20.2 Å². The Bertz CT molecular complexity index is 344. The van der Waals surface area contributed by atoms with Gasteiger partial charge in [0, 0.05) is 13.1 Å². The van der Waals surface area contributed by atoms with Crippen molar-refractivity contribution in [3.63, 3.8) is 0 Å². The smallest absolute Gasteiger partial charge is 0.410 e. The first-order valence-corrected chi connectivity index (χ1v) is 7.04. The summed E-state index contributed by atoms with van der Waals surface area (Å²) in [7, 11) is 1.34. The average Bonchev–Trinajstić information content (AvgIpc) is 2.36. The number of ether oxygens (including phenoxy) is 2. The maximum Gasteiger partial charge on any atom is 0.410 e. The number of nitrogens with two attached hydrogens (primary N) is 1. The van der Waals surface area contributed by atoms with Crippen LogP contribution in [0.3, 0.4) is 0 Å². The molecule has 6 heteroatoms. The minimum atomic E-state index is -0.571. The van der Waals surface area contributed by atoms with Crippen LogP contribution in [0.25, 0.3) is 0 Å². The second-order valence-electron chi connectivity index (χ2n) is 6.28. The molecule has 0 bridgehead atoms. The molecule has 1 unspecified atom stereocenters. The molecule has 1 rings (SSSR count). The van der Waals surface area contributed by atoms with Gasteiger partial charge < -0.3 is 20.1 Å². The molecule has 1 aliphatic heterocycles. The normalized spacial score (nSPS) is 18.6. The molecule has 1 atom stereocenters. The topological polar surface area (TPSA) is 81.9 Å². The number of amides is 1. The Morgan fingerprint density at radius 1 is 1.30 bits per heavy atom. The molecule has 1 saturated heterocycles. The third-order valence-electron chi connectivity index (χ3n) is 3.36. The number of nitrogens with zero attached hydrogens (tertiary/aromatic N) is 1. The standard InChI is InChI=1S/C14H26N2O4/c1-14(2,3)20-13(18)16-7-5-10(6-8-16)9-11(15)12(17)19-4/h10-11H,5-9,15H2,1-4H3. The Morgan fingerprint density at radius 3 is 2.30 bits per heavy atom. The highest BCUT2D eigenvalue weighted by Crippen LogP contribution is 2.23. The highest BCUT2D eigenvalue weighted by atomic mass is 16.6. The Labute approximate surface area is 120 Å². The van der Waals surface area contributed by atoms with Crippen LogP contribution in [0, 0.1) is 5.92 Å². The highest BCUT2D eigenvalue weighted by Gasteiger charge is 2.28. The highest BCUT2D eigenvalue weighted by molar-refractivity contribution is 5.75. The van der Waals surface area contributed by atoms with E-state index in [2.05, 4.69) is 4.74 Å². The summed E-state index contributed by atoms with van der Waals surface area (Å²) >= 11 is 0. The van der Waals surface area contributed by atoms with Gasteiger partial charge in [0.15, 0.2) is 0 Å². The fourth-order valence-corrected chi connectivity index (χ4v) is 2.28. The summed E-state index contributed by atoms with van der Waals surface area (Å²) in [4.78, 5) is 24.9. The minimum absolute atomic E-state index is 0.270. The van der Waals surface area contributed by atoms with Crippen molar-refractivity contribution in [3.8, 4) is 0 Å². The lowest BCUT2D eigenvalue weighted by Gasteiger charge is -2.34. The lowest BCUT2D eigenvalue weighted by atomic mass is 9.90. The van der Waals surface area contributed by atoms with Crippen LogP contribution in [0.2, 0.25) is 0 Å². The molecule has 0 aromatic rings. The second-order valence-corrected chi connectivity index (χ2v) is 6.28. The number of hydrogen-bond donors (Lipinski definition) is 1. The van der Waals surface area contributed by atoms with E-state index >= 15 is 0 Å². The number of hydrogen-bond acceptors (Lipinski definition) is 5. The van der Waals surface area contributed by atoms with E-state index in [0.717, 1.165) is 12.8 Å². The summed E-state index contributed by atoms with van der Waals surface area (Å²) in [5, 5.41) is 0. The predicted molar refractivity (Wildman–Crippen MR) is 75.1 cm³/mol. The van der Waals surface area contributed by atoms with Crippen LogP contribution >= 0.6 is 0 Å². The van der Waals surface area contributed by atoms with Gasteiger partial charge >= 0.3 is 12.1 Å². The van der Waals surface area contributed by atoms with Gasteiger partial charge in [-0.1, -0.05) is 0 Å². The number of piperidine rings is 1. The Hall–Kier alpha value is -1.30. The lowest BCUT2D eigenvalue weighted by molar-refractivity contribution is -0.142. The summed E-state index contributed by atoms with van der Waals surface area (Å²) in [5.74, 6) is -0.0256. The SMILES string of the molecule is COC(=O)C(N)CC1CCN(C(=O)OC(C)(C)C)CC1. The fraction of sp³-hybridized carbons (Fsp3) is 0.857. The van der Waals surface area contributed by atoms with Crippen molar-refractivity contribution in [2.45, 2.75) is 51.7 Å². The second kappa shape index (κ2) is 6.92. The van der Waals surface area contributed by atoms with Crippen molar-refractivity contribution in [1.82, 2.24) is 4.90 Å². The Kier molecular flexibility index (Phi) is 5.80. The molecule has 1 amide bonds. The van der Waals surface area contributed by atoms with E-state index in [1.807, 2.05) is 20.8 Å². The molecule has 0 aromatic carbocycles. The largest absolute Gasteiger partial charge is 0.468 e. The number of rotatable bonds is 3. The van der Waals surface area contributed by atoms with Gasteiger partial charge in [-0.15, -0.1) is 0 Å².